The molecule has 0 spiro atoms. The highest BCUT2D eigenvalue weighted by Gasteiger charge is 2.19. The van der Waals surface area contributed by atoms with Crippen molar-refractivity contribution in [3.8, 4) is 11.1 Å². The summed E-state index contributed by atoms with van der Waals surface area (Å²) in [6.45, 7) is 3.94. The first-order valence-corrected chi connectivity index (χ1v) is 8.57. The van der Waals surface area contributed by atoms with Crippen molar-refractivity contribution in [2.24, 2.45) is 0 Å². The Kier molecular flexibility index (Phi) is 5.33. The minimum Gasteiger partial charge on any atom is -0.350 e. The van der Waals surface area contributed by atoms with E-state index in [0.717, 1.165) is 23.1 Å². The van der Waals surface area contributed by atoms with Crippen LogP contribution in [0.15, 0.2) is 48.5 Å². The fraction of sp³-hybridized carbons (Fsp3) is 0.300. The number of benzene rings is 2. The van der Waals surface area contributed by atoms with Crippen LogP contribution in [-0.2, 0) is 11.3 Å². The maximum absolute atomic E-state index is 12.1. The lowest BCUT2D eigenvalue weighted by Crippen LogP contribution is -2.50. The summed E-state index contributed by atoms with van der Waals surface area (Å²) in [5, 5.41) is 5.64. The second-order valence-corrected chi connectivity index (χ2v) is 6.35. The molecular weight excluding hydrogens is 314 g/mol. The third-order valence-electron chi connectivity index (χ3n) is 4.27. The van der Waals surface area contributed by atoms with Crippen LogP contribution < -0.4 is 10.6 Å². The van der Waals surface area contributed by atoms with Gasteiger partial charge in [0.1, 0.15) is 6.54 Å². The van der Waals surface area contributed by atoms with Gasteiger partial charge in [-0.1, -0.05) is 48.0 Å². The zero-order valence-corrected chi connectivity index (χ0v) is 14.4. The van der Waals surface area contributed by atoms with Crippen LogP contribution in [0.4, 0.5) is 4.79 Å². The van der Waals surface area contributed by atoms with Gasteiger partial charge in [0.25, 0.3) is 0 Å². The van der Waals surface area contributed by atoms with Crippen molar-refractivity contribution >= 4 is 11.9 Å². The van der Waals surface area contributed by atoms with Gasteiger partial charge in [-0.2, -0.15) is 0 Å². The second kappa shape index (κ2) is 7.83. The third-order valence-corrected chi connectivity index (χ3v) is 4.27. The van der Waals surface area contributed by atoms with E-state index >= 15 is 0 Å². The fourth-order valence-corrected chi connectivity index (χ4v) is 2.94. The number of carbonyl (C=O) groups excluding carboxylic acids is 2. The Hall–Kier alpha value is -2.82. The average Bonchev–Trinajstić information content (AvgIpc) is 2.62. The van der Waals surface area contributed by atoms with Crippen molar-refractivity contribution in [2.75, 3.05) is 19.6 Å². The predicted octanol–water partition coefficient (Wildman–Crippen LogP) is 2.69. The monoisotopic (exact) mass is 337 g/mol. The molecule has 0 unspecified atom stereocenters. The van der Waals surface area contributed by atoms with Crippen LogP contribution >= 0.6 is 0 Å². The number of carbonyl (C=O) groups is 2. The molecule has 1 heterocycles. The van der Waals surface area contributed by atoms with Crippen LogP contribution in [-0.4, -0.2) is 36.5 Å². The number of urea groups is 1. The van der Waals surface area contributed by atoms with Crippen LogP contribution in [0.25, 0.3) is 11.1 Å². The predicted molar refractivity (Wildman–Crippen MR) is 98.1 cm³/mol. The summed E-state index contributed by atoms with van der Waals surface area (Å²) in [5.41, 5.74) is 4.55. The first kappa shape index (κ1) is 17.0. The first-order valence-electron chi connectivity index (χ1n) is 8.57. The summed E-state index contributed by atoms with van der Waals surface area (Å²) in [5.74, 6) is -0.141. The maximum atomic E-state index is 12.1. The average molecular weight is 337 g/mol. The van der Waals surface area contributed by atoms with E-state index in [1.54, 1.807) is 4.90 Å². The lowest BCUT2D eigenvalue weighted by Gasteiger charge is -2.26. The molecule has 0 aromatic heterocycles. The molecule has 130 valence electrons. The number of nitrogens with one attached hydrogen (secondary N) is 2. The van der Waals surface area contributed by atoms with Gasteiger partial charge in [-0.15, -0.1) is 0 Å². The molecule has 0 bridgehead atoms. The Labute approximate surface area is 148 Å². The highest BCUT2D eigenvalue weighted by atomic mass is 16.2. The molecule has 3 amide bonds. The van der Waals surface area contributed by atoms with Gasteiger partial charge >= 0.3 is 6.03 Å². The molecule has 0 radical (unpaired) electrons. The number of amides is 3. The third kappa shape index (κ3) is 4.59. The number of aryl methyl sites for hydroxylation is 1. The van der Waals surface area contributed by atoms with E-state index in [1.165, 1.54) is 5.56 Å². The van der Waals surface area contributed by atoms with E-state index in [0.29, 0.717) is 19.6 Å². The van der Waals surface area contributed by atoms with E-state index in [-0.39, 0.29) is 18.5 Å². The van der Waals surface area contributed by atoms with Gasteiger partial charge in [0.15, 0.2) is 0 Å². The van der Waals surface area contributed by atoms with E-state index in [2.05, 4.69) is 47.9 Å². The molecule has 2 aromatic carbocycles. The summed E-state index contributed by atoms with van der Waals surface area (Å²) in [4.78, 5) is 25.3. The molecule has 0 aliphatic carbocycles. The number of rotatable bonds is 5. The molecule has 3 rings (SSSR count). The molecule has 1 aliphatic heterocycles. The van der Waals surface area contributed by atoms with Crippen LogP contribution in [0.3, 0.4) is 0 Å². The van der Waals surface area contributed by atoms with Gasteiger partial charge in [-0.25, -0.2) is 4.79 Å². The lowest BCUT2D eigenvalue weighted by atomic mass is 10.0. The van der Waals surface area contributed by atoms with Gasteiger partial charge in [0.2, 0.25) is 5.91 Å². The Morgan fingerprint density at radius 2 is 1.92 bits per heavy atom. The largest absolute Gasteiger partial charge is 0.350 e. The second-order valence-electron chi connectivity index (χ2n) is 6.35. The standard InChI is InChI=1S/C20H23N3O2/c1-15-5-2-7-17(11-15)18-8-3-6-16(12-18)13-22-19(24)14-23-10-4-9-21-20(23)25/h2-3,5-8,11-12H,4,9-10,13-14H2,1H3,(H,21,25)(H,22,24). The van der Waals surface area contributed by atoms with E-state index in [4.69, 9.17) is 0 Å². The summed E-state index contributed by atoms with van der Waals surface area (Å²) in [6, 6.07) is 16.3. The number of hydrogen-bond acceptors (Lipinski definition) is 2. The molecule has 5 heteroatoms. The Balaban J connectivity index is 1.59. The van der Waals surface area contributed by atoms with Crippen molar-refractivity contribution in [1.82, 2.24) is 15.5 Å². The van der Waals surface area contributed by atoms with Crippen molar-refractivity contribution in [3.63, 3.8) is 0 Å². The smallest absolute Gasteiger partial charge is 0.317 e. The summed E-state index contributed by atoms with van der Waals surface area (Å²) in [7, 11) is 0. The fourth-order valence-electron chi connectivity index (χ4n) is 2.94. The van der Waals surface area contributed by atoms with E-state index in [9.17, 15) is 9.59 Å². The highest BCUT2D eigenvalue weighted by Crippen LogP contribution is 2.21. The first-order chi connectivity index (χ1) is 12.1. The Morgan fingerprint density at radius 3 is 2.68 bits per heavy atom. The van der Waals surface area contributed by atoms with Crippen LogP contribution in [0.5, 0.6) is 0 Å². The molecule has 2 N–H and O–H groups in total. The molecule has 0 atom stereocenters. The molecule has 1 fully saturated rings. The van der Waals surface area contributed by atoms with Gasteiger partial charge in [0.05, 0.1) is 0 Å². The van der Waals surface area contributed by atoms with E-state index < -0.39 is 0 Å². The van der Waals surface area contributed by atoms with Crippen LogP contribution in [0, 0.1) is 6.92 Å². The van der Waals surface area contributed by atoms with Crippen LogP contribution in [0.2, 0.25) is 0 Å². The molecule has 2 aromatic rings. The summed E-state index contributed by atoms with van der Waals surface area (Å²) < 4.78 is 0. The molecule has 1 saturated heterocycles. The van der Waals surface area contributed by atoms with Gasteiger partial charge in [0, 0.05) is 19.6 Å². The Bertz CT molecular complexity index is 773. The van der Waals surface area contributed by atoms with Crippen LogP contribution in [0.1, 0.15) is 17.5 Å². The topological polar surface area (TPSA) is 61.4 Å². The zero-order valence-electron chi connectivity index (χ0n) is 14.4. The normalized spacial score (nSPS) is 14.1. The molecular formula is C20H23N3O2. The number of hydrogen-bond donors (Lipinski definition) is 2. The van der Waals surface area contributed by atoms with Crippen molar-refractivity contribution in [1.29, 1.82) is 0 Å². The SMILES string of the molecule is Cc1cccc(-c2cccc(CNC(=O)CN3CCCNC3=O)c2)c1. The Morgan fingerprint density at radius 1 is 1.16 bits per heavy atom. The minimum atomic E-state index is -0.164. The zero-order chi connectivity index (χ0) is 17.6. The summed E-state index contributed by atoms with van der Waals surface area (Å²) in [6.07, 6.45) is 0.873. The van der Waals surface area contributed by atoms with Crippen molar-refractivity contribution < 1.29 is 9.59 Å². The molecule has 25 heavy (non-hydrogen) atoms. The highest BCUT2D eigenvalue weighted by molar-refractivity contribution is 5.84. The molecule has 5 nitrogen and oxygen atoms in total. The van der Waals surface area contributed by atoms with E-state index in [1.807, 2.05) is 18.2 Å². The van der Waals surface area contributed by atoms with Gasteiger partial charge < -0.3 is 15.5 Å². The summed E-state index contributed by atoms with van der Waals surface area (Å²) >= 11 is 0. The number of nitrogens with zero attached hydrogens (tertiary/aromatic N) is 1. The van der Waals surface area contributed by atoms with Crippen molar-refractivity contribution in [2.45, 2.75) is 19.9 Å². The molecule has 1 aliphatic rings. The minimum absolute atomic E-state index is 0.101. The van der Waals surface area contributed by atoms with Gasteiger partial charge in [-0.05, 0) is 36.1 Å². The molecule has 0 saturated carbocycles. The quantitative estimate of drug-likeness (QED) is 0.881. The lowest BCUT2D eigenvalue weighted by molar-refractivity contribution is -0.121. The maximum Gasteiger partial charge on any atom is 0.317 e. The van der Waals surface area contributed by atoms with Crippen molar-refractivity contribution in [3.05, 3.63) is 59.7 Å². The van der Waals surface area contributed by atoms with Gasteiger partial charge in [-0.3, -0.25) is 4.79 Å².